The molecule has 0 bridgehead atoms. The zero-order valence-corrected chi connectivity index (χ0v) is 25.3. The Kier molecular flexibility index (Phi) is 12.6. The summed E-state index contributed by atoms with van der Waals surface area (Å²) in [4.78, 5) is 27.5. The molecule has 0 saturated carbocycles. The van der Waals surface area contributed by atoms with Gasteiger partial charge in [-0.05, 0) is 64.5 Å². The second-order valence-electron chi connectivity index (χ2n) is 11.9. The van der Waals surface area contributed by atoms with Crippen molar-refractivity contribution in [2.75, 3.05) is 13.1 Å². The van der Waals surface area contributed by atoms with Crippen molar-refractivity contribution >= 4 is 12.2 Å². The van der Waals surface area contributed by atoms with Crippen molar-refractivity contribution in [3.8, 4) is 0 Å². The lowest BCUT2D eigenvalue weighted by atomic mass is 9.91. The summed E-state index contributed by atoms with van der Waals surface area (Å²) in [7, 11) is 0. The van der Waals surface area contributed by atoms with Crippen LogP contribution < -0.4 is 5.32 Å². The van der Waals surface area contributed by atoms with Gasteiger partial charge in [-0.15, -0.1) is 0 Å². The summed E-state index contributed by atoms with van der Waals surface area (Å²) in [5, 5.41) is 46.1. The van der Waals surface area contributed by atoms with Gasteiger partial charge in [0.05, 0.1) is 24.3 Å². The molecule has 0 radical (unpaired) electrons. The Bertz CT molecular complexity index is 994. The smallest absolute Gasteiger partial charge is 0.408 e. The van der Waals surface area contributed by atoms with Crippen LogP contribution in [0.4, 0.5) is 9.59 Å². The highest BCUT2D eigenvalue weighted by atomic mass is 16.4. The Hall–Kier alpha value is -3.14. The number of aliphatic hydroxyl groups is 2. The van der Waals surface area contributed by atoms with Crippen molar-refractivity contribution < 1.29 is 30.0 Å². The quantitative estimate of drug-likeness (QED) is 0.194. The van der Waals surface area contributed by atoms with Crippen molar-refractivity contribution in [2.45, 2.75) is 103 Å². The van der Waals surface area contributed by atoms with Gasteiger partial charge in [0.25, 0.3) is 0 Å². The van der Waals surface area contributed by atoms with E-state index >= 15 is 0 Å². The summed E-state index contributed by atoms with van der Waals surface area (Å²) in [5.41, 5.74) is 0.355. The molecule has 0 spiro atoms. The minimum absolute atomic E-state index is 0.0143. The first kappa shape index (κ1) is 34.1. The molecule has 5 N–H and O–H groups in total. The molecule has 0 aliphatic rings. The molecule has 2 aromatic rings. The number of aliphatic hydroxyl groups excluding tert-OH is 2. The molecule has 0 saturated heterocycles. The fourth-order valence-electron chi connectivity index (χ4n) is 5.20. The van der Waals surface area contributed by atoms with Gasteiger partial charge < -0.3 is 25.7 Å². The maximum Gasteiger partial charge on any atom is 0.408 e. The van der Waals surface area contributed by atoms with Crippen molar-refractivity contribution in [2.24, 2.45) is 0 Å². The molecule has 0 heterocycles. The zero-order valence-electron chi connectivity index (χ0n) is 25.3. The molecule has 41 heavy (non-hydrogen) atoms. The Morgan fingerprint density at radius 3 is 1.27 bits per heavy atom. The molecule has 2 rings (SSSR count). The number of carbonyl (C=O) groups is 2. The maximum absolute atomic E-state index is 12.4. The highest BCUT2D eigenvalue weighted by Gasteiger charge is 2.40. The van der Waals surface area contributed by atoms with E-state index in [9.17, 15) is 30.0 Å². The van der Waals surface area contributed by atoms with Gasteiger partial charge in [-0.2, -0.15) is 0 Å². The number of hydrogen-bond donors (Lipinski definition) is 5. The van der Waals surface area contributed by atoms with Crippen LogP contribution >= 0.6 is 0 Å². The third kappa shape index (κ3) is 9.45. The molecule has 228 valence electrons. The van der Waals surface area contributed by atoms with E-state index in [1.165, 1.54) is 9.80 Å². The van der Waals surface area contributed by atoms with Crippen LogP contribution in [-0.4, -0.2) is 90.9 Å². The molecule has 0 unspecified atom stereocenters. The molecular weight excluding hydrogens is 522 g/mol. The summed E-state index contributed by atoms with van der Waals surface area (Å²) < 4.78 is 0. The van der Waals surface area contributed by atoms with Gasteiger partial charge in [0.2, 0.25) is 0 Å². The van der Waals surface area contributed by atoms with Gasteiger partial charge in [0, 0.05) is 24.2 Å². The standard InChI is InChI=1S/C32H49N3O6/c1-7-31(3,4)34(29(38)39)25(19-23-15-11-9-12-16-23)27(36)21-33-22-28(37)26(20-24-17-13-10-14-18-24)35(30(40)41)32(5,6)8-2/h9-18,25-28,33,36-37H,7-8,19-22H2,1-6H3,(H,38,39)(H,40,41)/t25-,26-,27+,28+/m0/s1. The number of rotatable bonds is 16. The molecule has 4 atom stereocenters. The summed E-state index contributed by atoms with van der Waals surface area (Å²) in [6.07, 6.45) is -2.64. The average molecular weight is 572 g/mol. The summed E-state index contributed by atoms with van der Waals surface area (Å²) >= 11 is 0. The van der Waals surface area contributed by atoms with E-state index in [0.29, 0.717) is 25.7 Å². The minimum atomic E-state index is -1.11. The monoisotopic (exact) mass is 571 g/mol. The Labute approximate surface area is 244 Å². The lowest BCUT2D eigenvalue weighted by Gasteiger charge is -2.44. The molecular formula is C32H49N3O6. The first-order valence-electron chi connectivity index (χ1n) is 14.4. The van der Waals surface area contributed by atoms with Gasteiger partial charge >= 0.3 is 12.2 Å². The Balaban J connectivity index is 2.27. The van der Waals surface area contributed by atoms with Crippen LogP contribution in [0.15, 0.2) is 60.7 Å². The van der Waals surface area contributed by atoms with Crippen molar-refractivity contribution in [3.63, 3.8) is 0 Å². The fourth-order valence-corrected chi connectivity index (χ4v) is 5.20. The van der Waals surface area contributed by atoms with Crippen LogP contribution in [0.3, 0.4) is 0 Å². The normalized spacial score (nSPS) is 15.0. The highest BCUT2D eigenvalue weighted by Crippen LogP contribution is 2.27. The van der Waals surface area contributed by atoms with Crippen LogP contribution in [0.25, 0.3) is 0 Å². The third-order valence-corrected chi connectivity index (χ3v) is 8.28. The van der Waals surface area contributed by atoms with Gasteiger partial charge in [-0.1, -0.05) is 74.5 Å². The number of amides is 2. The van der Waals surface area contributed by atoms with Gasteiger partial charge in [-0.25, -0.2) is 9.59 Å². The van der Waals surface area contributed by atoms with Crippen LogP contribution in [-0.2, 0) is 12.8 Å². The molecule has 9 heteroatoms. The number of nitrogens with one attached hydrogen (secondary N) is 1. The summed E-state index contributed by atoms with van der Waals surface area (Å²) in [6.45, 7) is 11.2. The molecule has 0 aromatic heterocycles. The summed E-state index contributed by atoms with van der Waals surface area (Å²) in [6, 6.07) is 17.4. The topological polar surface area (TPSA) is 134 Å². The van der Waals surface area contributed by atoms with Crippen LogP contribution in [0.2, 0.25) is 0 Å². The minimum Gasteiger partial charge on any atom is -0.465 e. The predicted octanol–water partition coefficient (Wildman–Crippen LogP) is 4.86. The highest BCUT2D eigenvalue weighted by molar-refractivity contribution is 5.67. The Morgan fingerprint density at radius 1 is 0.683 bits per heavy atom. The average Bonchev–Trinajstić information content (AvgIpc) is 2.92. The molecule has 0 aliphatic heterocycles. The van der Waals surface area contributed by atoms with E-state index in [2.05, 4.69) is 5.32 Å². The van der Waals surface area contributed by atoms with Crippen LogP contribution in [0.5, 0.6) is 0 Å². The van der Waals surface area contributed by atoms with Gasteiger partial charge in [0.1, 0.15) is 0 Å². The lowest BCUT2D eigenvalue weighted by Crippen LogP contribution is -2.60. The molecule has 2 amide bonds. The third-order valence-electron chi connectivity index (χ3n) is 8.28. The van der Waals surface area contributed by atoms with Crippen molar-refractivity contribution in [3.05, 3.63) is 71.8 Å². The SMILES string of the molecule is CCC(C)(C)N(C(=O)O)[C@@H](Cc1ccccc1)[C@H](O)CNC[C@@H](O)[C@H](Cc1ccccc1)N(C(=O)O)C(C)(C)CC. The van der Waals surface area contributed by atoms with E-state index in [1.54, 1.807) is 0 Å². The molecule has 0 fully saturated rings. The molecule has 0 aliphatic carbocycles. The second kappa shape index (κ2) is 15.2. The fraction of sp³-hybridized carbons (Fsp3) is 0.562. The van der Waals surface area contributed by atoms with Crippen LogP contribution in [0, 0.1) is 0 Å². The molecule has 2 aromatic carbocycles. The van der Waals surface area contributed by atoms with Crippen molar-refractivity contribution in [1.82, 2.24) is 15.1 Å². The first-order chi connectivity index (χ1) is 19.2. The molecule has 9 nitrogen and oxygen atoms in total. The summed E-state index contributed by atoms with van der Waals surface area (Å²) in [5.74, 6) is 0. The largest absolute Gasteiger partial charge is 0.465 e. The second-order valence-corrected chi connectivity index (χ2v) is 11.9. The number of carboxylic acid groups (broad SMARTS) is 2. The van der Waals surface area contributed by atoms with E-state index in [0.717, 1.165) is 11.1 Å². The first-order valence-corrected chi connectivity index (χ1v) is 14.4. The predicted molar refractivity (Wildman–Crippen MR) is 161 cm³/mol. The number of benzene rings is 2. The van der Waals surface area contributed by atoms with Gasteiger partial charge in [-0.3, -0.25) is 9.80 Å². The van der Waals surface area contributed by atoms with E-state index in [-0.39, 0.29) is 13.1 Å². The van der Waals surface area contributed by atoms with Gasteiger partial charge in [0.15, 0.2) is 0 Å². The maximum atomic E-state index is 12.4. The van der Waals surface area contributed by atoms with E-state index < -0.39 is 47.6 Å². The number of nitrogens with zero attached hydrogens (tertiary/aromatic N) is 2. The van der Waals surface area contributed by atoms with E-state index in [4.69, 9.17) is 0 Å². The van der Waals surface area contributed by atoms with Crippen molar-refractivity contribution in [1.29, 1.82) is 0 Å². The zero-order chi connectivity index (χ0) is 30.8. The van der Waals surface area contributed by atoms with E-state index in [1.807, 2.05) is 102 Å². The van der Waals surface area contributed by atoms with Crippen LogP contribution in [0.1, 0.15) is 65.5 Å². The Morgan fingerprint density at radius 2 is 1.00 bits per heavy atom. The number of hydrogen-bond acceptors (Lipinski definition) is 5. The lowest BCUT2D eigenvalue weighted by molar-refractivity contribution is -0.00875.